The molecule has 0 aliphatic heterocycles. The Balaban J connectivity index is 1.68. The average Bonchev–Trinajstić information content (AvgIpc) is 3.82. The van der Waals surface area contributed by atoms with Gasteiger partial charge in [0, 0.05) is 0 Å². The highest BCUT2D eigenvalue weighted by Gasteiger charge is 2.31. The van der Waals surface area contributed by atoms with Gasteiger partial charge >= 0.3 is 0 Å². The maximum absolute atomic E-state index is 2.58. The lowest BCUT2D eigenvalue weighted by Gasteiger charge is -2.30. The zero-order valence-corrected chi connectivity index (χ0v) is 34.0. The van der Waals surface area contributed by atoms with Crippen LogP contribution in [0, 0.1) is 24.3 Å². The van der Waals surface area contributed by atoms with Gasteiger partial charge in [-0.3, -0.25) is 0 Å². The van der Waals surface area contributed by atoms with Gasteiger partial charge < -0.3 is 0 Å². The zero-order valence-electron chi connectivity index (χ0n) is 34.0. The molecule has 0 radical (unpaired) electrons. The molecular weight excluding hydrogens is 661 g/mol. The first-order valence-corrected chi connectivity index (χ1v) is 20.1. The van der Waals surface area contributed by atoms with E-state index in [1.807, 2.05) is 0 Å². The first-order chi connectivity index (χ1) is 26.4. The minimum absolute atomic E-state index is 0.0646. The van der Waals surface area contributed by atoms with Gasteiger partial charge in [-0.05, 0) is 155 Å². The summed E-state index contributed by atoms with van der Waals surface area (Å²) in [4.78, 5) is 0. The summed E-state index contributed by atoms with van der Waals surface area (Å²) in [7, 11) is 0. The minimum atomic E-state index is -0.168. The molecule has 0 N–H and O–H groups in total. The highest BCUT2D eigenvalue weighted by Crippen LogP contribution is 2.44. The van der Waals surface area contributed by atoms with Gasteiger partial charge in [0.15, 0.2) is 0 Å². The van der Waals surface area contributed by atoms with Crippen molar-refractivity contribution in [2.75, 3.05) is 0 Å². The topological polar surface area (TPSA) is 0 Å². The summed E-state index contributed by atoms with van der Waals surface area (Å²) in [6, 6.07) is 45.3. The Morgan fingerprint density at radius 2 is 1.15 bits per heavy atom. The number of allylic oxidation sites excluding steroid dienone is 4. The fraction of sp³-hybridized carbons (Fsp3) is 0.236. The summed E-state index contributed by atoms with van der Waals surface area (Å²) in [6.07, 6.45) is 12.2. The van der Waals surface area contributed by atoms with Crippen LogP contribution in [0.3, 0.4) is 0 Å². The molecule has 8 rings (SSSR count). The molecule has 0 fully saturated rings. The van der Waals surface area contributed by atoms with E-state index in [0.29, 0.717) is 0 Å². The van der Waals surface area contributed by atoms with Crippen molar-refractivity contribution in [1.82, 2.24) is 0 Å². The van der Waals surface area contributed by atoms with Crippen LogP contribution in [0.2, 0.25) is 0 Å². The van der Waals surface area contributed by atoms with Crippen molar-refractivity contribution in [2.45, 2.75) is 85.5 Å². The lowest BCUT2D eigenvalue weighted by Crippen LogP contribution is -2.30. The van der Waals surface area contributed by atoms with Crippen molar-refractivity contribution < 1.29 is 0 Å². The summed E-state index contributed by atoms with van der Waals surface area (Å²) < 4.78 is 0. The van der Waals surface area contributed by atoms with Crippen LogP contribution in [0.25, 0.3) is 39.5 Å². The van der Waals surface area contributed by atoms with Crippen molar-refractivity contribution in [3.05, 3.63) is 205 Å². The largest absolute Gasteiger partial charge is 0.0801 e. The van der Waals surface area contributed by atoms with E-state index in [-0.39, 0.29) is 10.8 Å². The second kappa shape index (κ2) is 14.3. The molecule has 6 aromatic carbocycles. The van der Waals surface area contributed by atoms with Crippen LogP contribution < -0.4 is 10.4 Å². The summed E-state index contributed by atoms with van der Waals surface area (Å²) in [6.45, 7) is 19.0. The first-order valence-electron chi connectivity index (χ1n) is 20.1. The SMILES string of the molecule is Cc1ccccc1-c1cc2c(cc1C(C)(C)C)=c1c(c(C3=CC=CC3)c(-c3ccccc3C)c(C(C)(C)C)c1=C(Cc1ccccc1)Cc1ccccc1)C=2. The lowest BCUT2D eigenvalue weighted by molar-refractivity contribution is 0.586. The molecule has 0 amide bonds. The molecule has 0 bridgehead atoms. The number of benzene rings is 6. The quantitative estimate of drug-likeness (QED) is 0.154. The van der Waals surface area contributed by atoms with Gasteiger partial charge in [0.1, 0.15) is 0 Å². The van der Waals surface area contributed by atoms with Gasteiger partial charge in [-0.15, -0.1) is 0 Å². The number of hydrogen-bond donors (Lipinski definition) is 0. The van der Waals surface area contributed by atoms with Crippen LogP contribution in [-0.4, -0.2) is 0 Å². The van der Waals surface area contributed by atoms with Gasteiger partial charge in [-0.25, -0.2) is 0 Å². The van der Waals surface area contributed by atoms with Crippen molar-refractivity contribution >= 4 is 17.2 Å². The van der Waals surface area contributed by atoms with Crippen molar-refractivity contribution in [2.24, 2.45) is 0 Å². The van der Waals surface area contributed by atoms with Crippen molar-refractivity contribution in [3.8, 4) is 22.3 Å². The normalized spacial score (nSPS) is 13.3. The molecule has 0 spiro atoms. The molecule has 0 aromatic heterocycles. The van der Waals surface area contributed by atoms with Gasteiger partial charge in [-0.1, -0.05) is 175 Å². The Bertz CT molecular complexity index is 2680. The Kier molecular flexibility index (Phi) is 9.50. The molecule has 55 heavy (non-hydrogen) atoms. The van der Waals surface area contributed by atoms with E-state index in [9.17, 15) is 0 Å². The second-order valence-corrected chi connectivity index (χ2v) is 17.8. The summed E-state index contributed by atoms with van der Waals surface area (Å²) in [5.74, 6) is 0. The van der Waals surface area contributed by atoms with Gasteiger partial charge in [0.25, 0.3) is 0 Å². The molecule has 0 saturated heterocycles. The number of aryl methyl sites for hydroxylation is 2. The fourth-order valence-electron chi connectivity index (χ4n) is 9.14. The fourth-order valence-corrected chi connectivity index (χ4v) is 9.14. The number of rotatable bonds is 7. The third-order valence-electron chi connectivity index (χ3n) is 11.7. The smallest absolute Gasteiger partial charge is 0.00232 e. The molecule has 0 heterocycles. The molecule has 2 aliphatic rings. The highest BCUT2D eigenvalue weighted by atomic mass is 14.3. The summed E-state index contributed by atoms with van der Waals surface area (Å²) >= 11 is 0. The molecule has 0 heteroatoms. The first kappa shape index (κ1) is 36.5. The number of fused-ring (bicyclic) bond motifs is 2. The van der Waals surface area contributed by atoms with E-state index in [1.165, 1.54) is 98.8 Å². The third kappa shape index (κ3) is 6.89. The van der Waals surface area contributed by atoms with Gasteiger partial charge in [0.05, 0.1) is 0 Å². The number of hydrogen-bond acceptors (Lipinski definition) is 0. The Hall–Kier alpha value is -5.46. The van der Waals surface area contributed by atoms with E-state index in [2.05, 4.69) is 201 Å². The molecule has 0 nitrogen and oxygen atoms in total. The predicted octanol–water partition coefficient (Wildman–Crippen LogP) is 12.6. The molecular formula is C55H54. The molecule has 2 aliphatic carbocycles. The van der Waals surface area contributed by atoms with E-state index in [4.69, 9.17) is 0 Å². The van der Waals surface area contributed by atoms with Gasteiger partial charge in [0.2, 0.25) is 0 Å². The van der Waals surface area contributed by atoms with E-state index in [1.54, 1.807) is 0 Å². The van der Waals surface area contributed by atoms with Crippen LogP contribution >= 0.6 is 0 Å². The van der Waals surface area contributed by atoms with E-state index in [0.717, 1.165) is 19.3 Å². The summed E-state index contributed by atoms with van der Waals surface area (Å²) in [5.41, 5.74) is 18.9. The van der Waals surface area contributed by atoms with Crippen LogP contribution in [-0.2, 0) is 23.7 Å². The maximum atomic E-state index is 2.58. The average molecular weight is 715 g/mol. The molecule has 274 valence electrons. The van der Waals surface area contributed by atoms with Gasteiger partial charge in [-0.2, -0.15) is 0 Å². The van der Waals surface area contributed by atoms with Crippen LogP contribution in [0.4, 0.5) is 0 Å². The van der Waals surface area contributed by atoms with Crippen molar-refractivity contribution in [3.63, 3.8) is 0 Å². The zero-order chi connectivity index (χ0) is 38.5. The third-order valence-corrected chi connectivity index (χ3v) is 11.7. The molecule has 0 unspecified atom stereocenters. The Morgan fingerprint density at radius 3 is 1.67 bits per heavy atom. The monoisotopic (exact) mass is 714 g/mol. The van der Waals surface area contributed by atoms with Crippen LogP contribution in [0.5, 0.6) is 0 Å². The Labute approximate surface area is 328 Å². The second-order valence-electron chi connectivity index (χ2n) is 17.8. The molecule has 0 saturated carbocycles. The lowest BCUT2D eigenvalue weighted by atomic mass is 9.73. The Morgan fingerprint density at radius 1 is 0.582 bits per heavy atom. The van der Waals surface area contributed by atoms with Crippen LogP contribution in [0.15, 0.2) is 140 Å². The summed E-state index contributed by atoms with van der Waals surface area (Å²) in [5, 5.41) is 5.52. The molecule has 6 aromatic rings. The standard InChI is InChI=1S/C55H54/c1-36-21-15-19-29-43(36)46-33-41-34-47-49(40-27-17-18-28-40)52(44-30-20-16-22-37(44)2)53(55(6,7)8)50(51(47)45(41)35-48(46)54(3,4)5)42(31-38-23-11-9-12-24-38)32-39-25-13-10-14-26-39/h9-27,29-30,33-35H,28,31-32H2,1-8H3. The predicted molar refractivity (Wildman–Crippen MR) is 237 cm³/mol. The van der Waals surface area contributed by atoms with E-state index < -0.39 is 0 Å². The van der Waals surface area contributed by atoms with Crippen molar-refractivity contribution in [1.29, 1.82) is 0 Å². The maximum Gasteiger partial charge on any atom is -0.00232 e. The minimum Gasteiger partial charge on any atom is -0.0801 e. The highest BCUT2D eigenvalue weighted by molar-refractivity contribution is 5.93. The molecule has 0 atom stereocenters. The van der Waals surface area contributed by atoms with E-state index >= 15 is 0 Å². The van der Waals surface area contributed by atoms with Crippen LogP contribution in [0.1, 0.15) is 92.5 Å².